The molecule has 8 heavy (non-hydrogen) atoms. The molecule has 0 aromatic rings. The summed E-state index contributed by atoms with van der Waals surface area (Å²) in [6, 6.07) is 0. The minimum absolute atomic E-state index is 0.0874. The lowest BCUT2D eigenvalue weighted by atomic mass is 10.1. The highest BCUT2D eigenvalue weighted by Gasteiger charge is 2.02. The highest BCUT2D eigenvalue weighted by Crippen LogP contribution is 2.05. The molecule has 0 aromatic heterocycles. The van der Waals surface area contributed by atoms with Gasteiger partial charge >= 0.3 is 0 Å². The number of hydrogen-bond donors (Lipinski definition) is 1. The van der Waals surface area contributed by atoms with Crippen LogP contribution in [0.1, 0.15) is 20.3 Å². The van der Waals surface area contributed by atoms with Crippen molar-refractivity contribution in [3.05, 3.63) is 0 Å². The lowest BCUT2D eigenvalue weighted by Gasteiger charge is -2.07. The second-order valence-electron chi connectivity index (χ2n) is 2.44. The Morgan fingerprint density at radius 3 is 2.12 bits per heavy atom. The monoisotopic (exact) mass is 228 g/mol. The van der Waals surface area contributed by atoms with Crippen LogP contribution in [0.25, 0.3) is 0 Å². The third kappa shape index (κ3) is 4.84. The van der Waals surface area contributed by atoms with Crippen LogP contribution in [0.3, 0.4) is 0 Å². The van der Waals surface area contributed by atoms with Crippen molar-refractivity contribution in [2.24, 2.45) is 5.92 Å². The molecule has 1 unspecified atom stereocenters. The maximum Gasteiger partial charge on any atom is 0.0632 e. The molecule has 0 aliphatic carbocycles. The number of rotatable bonds is 3. The summed E-state index contributed by atoms with van der Waals surface area (Å²) in [7, 11) is 0. The van der Waals surface area contributed by atoms with E-state index in [-0.39, 0.29) is 6.10 Å². The molecule has 0 aliphatic rings. The fourth-order valence-corrected chi connectivity index (χ4v) is 0.967. The van der Waals surface area contributed by atoms with Gasteiger partial charge in [-0.1, -0.05) is 36.4 Å². The standard InChI is InChI=1S/C6H13IO/c1-5(2)3-6(8)4-7/h5-6,8H,3-4H2,1-2H3. The van der Waals surface area contributed by atoms with Crippen LogP contribution in [-0.2, 0) is 0 Å². The zero-order valence-corrected chi connectivity index (χ0v) is 7.55. The summed E-state index contributed by atoms with van der Waals surface area (Å²) in [4.78, 5) is 0. The highest BCUT2D eigenvalue weighted by molar-refractivity contribution is 14.1. The summed E-state index contributed by atoms with van der Waals surface area (Å²) in [5, 5.41) is 9.02. The second kappa shape index (κ2) is 4.56. The molecule has 1 nitrogen and oxygen atoms in total. The highest BCUT2D eigenvalue weighted by atomic mass is 127. The fraction of sp³-hybridized carbons (Fsp3) is 1.00. The predicted molar refractivity (Wildman–Crippen MR) is 44.3 cm³/mol. The Morgan fingerprint density at radius 2 is 2.00 bits per heavy atom. The molecule has 0 heterocycles. The van der Waals surface area contributed by atoms with E-state index in [4.69, 9.17) is 5.11 Å². The van der Waals surface area contributed by atoms with Crippen molar-refractivity contribution in [1.82, 2.24) is 0 Å². The first-order valence-corrected chi connectivity index (χ1v) is 4.43. The molecule has 2 heteroatoms. The Bertz CT molecular complexity index is 54.5. The van der Waals surface area contributed by atoms with Crippen LogP contribution in [0.4, 0.5) is 0 Å². The predicted octanol–water partition coefficient (Wildman–Crippen LogP) is 1.83. The number of halogens is 1. The summed E-state index contributed by atoms with van der Waals surface area (Å²) >= 11 is 2.20. The van der Waals surface area contributed by atoms with Crippen LogP contribution < -0.4 is 0 Å². The SMILES string of the molecule is CC(C)CC(O)CI. The molecule has 0 fully saturated rings. The molecule has 0 bridgehead atoms. The summed E-state index contributed by atoms with van der Waals surface area (Å²) in [5.74, 6) is 0.625. The maximum atomic E-state index is 9.02. The Balaban J connectivity index is 3.10. The molecule has 0 aromatic carbocycles. The van der Waals surface area contributed by atoms with Gasteiger partial charge in [0, 0.05) is 4.43 Å². The Morgan fingerprint density at radius 1 is 1.50 bits per heavy atom. The summed E-state index contributed by atoms with van der Waals surface area (Å²) in [6.07, 6.45) is 0.846. The van der Waals surface area contributed by atoms with Crippen LogP contribution >= 0.6 is 22.6 Å². The Hall–Kier alpha value is 0.690. The zero-order chi connectivity index (χ0) is 6.57. The van der Waals surface area contributed by atoms with Crippen LogP contribution in [0.2, 0.25) is 0 Å². The molecule has 1 atom stereocenters. The molecule has 0 radical (unpaired) electrons. The molecule has 50 valence electrons. The number of hydrogen-bond acceptors (Lipinski definition) is 1. The first-order valence-electron chi connectivity index (χ1n) is 2.90. The van der Waals surface area contributed by atoms with Gasteiger partial charge in [-0.15, -0.1) is 0 Å². The zero-order valence-electron chi connectivity index (χ0n) is 5.39. The number of alkyl halides is 1. The van der Waals surface area contributed by atoms with E-state index < -0.39 is 0 Å². The van der Waals surface area contributed by atoms with Crippen molar-refractivity contribution in [2.45, 2.75) is 26.4 Å². The van der Waals surface area contributed by atoms with Crippen LogP contribution in [0.5, 0.6) is 0 Å². The van der Waals surface area contributed by atoms with Crippen molar-refractivity contribution in [3.8, 4) is 0 Å². The third-order valence-electron chi connectivity index (χ3n) is 0.922. The van der Waals surface area contributed by atoms with E-state index in [1.165, 1.54) is 0 Å². The molecule has 0 saturated heterocycles. The quantitative estimate of drug-likeness (QED) is 0.577. The van der Waals surface area contributed by atoms with Crippen molar-refractivity contribution >= 4 is 22.6 Å². The second-order valence-corrected chi connectivity index (χ2v) is 3.32. The molecular formula is C6H13IO. The van der Waals surface area contributed by atoms with Crippen molar-refractivity contribution in [1.29, 1.82) is 0 Å². The van der Waals surface area contributed by atoms with Gasteiger partial charge < -0.3 is 5.11 Å². The molecule has 0 amide bonds. The number of aliphatic hydroxyl groups is 1. The van der Waals surface area contributed by atoms with E-state index in [9.17, 15) is 0 Å². The number of aliphatic hydroxyl groups excluding tert-OH is 1. The van der Waals surface area contributed by atoms with Gasteiger partial charge in [0.05, 0.1) is 6.10 Å². The molecular weight excluding hydrogens is 215 g/mol. The van der Waals surface area contributed by atoms with Gasteiger partial charge in [0.25, 0.3) is 0 Å². The average molecular weight is 228 g/mol. The van der Waals surface area contributed by atoms with Gasteiger partial charge in [-0.05, 0) is 12.3 Å². The van der Waals surface area contributed by atoms with Gasteiger partial charge in [-0.2, -0.15) is 0 Å². The fourth-order valence-electron chi connectivity index (χ4n) is 0.607. The Kier molecular flexibility index (Phi) is 4.95. The van der Waals surface area contributed by atoms with E-state index in [1.807, 2.05) is 0 Å². The van der Waals surface area contributed by atoms with Gasteiger partial charge in [-0.25, -0.2) is 0 Å². The van der Waals surface area contributed by atoms with E-state index in [0.29, 0.717) is 5.92 Å². The topological polar surface area (TPSA) is 20.2 Å². The average Bonchev–Trinajstić information content (AvgIpc) is 1.65. The Labute approximate surface area is 64.6 Å². The van der Waals surface area contributed by atoms with Crippen molar-refractivity contribution < 1.29 is 5.11 Å². The lowest BCUT2D eigenvalue weighted by Crippen LogP contribution is -2.10. The van der Waals surface area contributed by atoms with Gasteiger partial charge in [0.15, 0.2) is 0 Å². The molecule has 0 aliphatic heterocycles. The smallest absolute Gasteiger partial charge is 0.0632 e. The van der Waals surface area contributed by atoms with Gasteiger partial charge in [0.2, 0.25) is 0 Å². The summed E-state index contributed by atoms with van der Waals surface area (Å²) < 4.78 is 0.857. The van der Waals surface area contributed by atoms with Gasteiger partial charge in [0.1, 0.15) is 0 Å². The maximum absolute atomic E-state index is 9.02. The third-order valence-corrected chi connectivity index (χ3v) is 1.94. The normalized spacial score (nSPS) is 14.6. The largest absolute Gasteiger partial charge is 0.392 e. The van der Waals surface area contributed by atoms with E-state index >= 15 is 0 Å². The van der Waals surface area contributed by atoms with Gasteiger partial charge in [-0.3, -0.25) is 0 Å². The van der Waals surface area contributed by atoms with E-state index in [2.05, 4.69) is 36.4 Å². The van der Waals surface area contributed by atoms with Crippen LogP contribution in [0.15, 0.2) is 0 Å². The van der Waals surface area contributed by atoms with E-state index in [0.717, 1.165) is 10.8 Å². The van der Waals surface area contributed by atoms with Crippen molar-refractivity contribution in [3.63, 3.8) is 0 Å². The first kappa shape index (κ1) is 8.69. The first-order chi connectivity index (χ1) is 3.66. The molecule has 1 N–H and O–H groups in total. The summed E-state index contributed by atoms with van der Waals surface area (Å²) in [5.41, 5.74) is 0. The van der Waals surface area contributed by atoms with Crippen LogP contribution in [0, 0.1) is 5.92 Å². The minimum Gasteiger partial charge on any atom is -0.392 e. The van der Waals surface area contributed by atoms with Crippen molar-refractivity contribution in [2.75, 3.05) is 4.43 Å². The molecule has 0 rings (SSSR count). The molecule has 0 saturated carbocycles. The van der Waals surface area contributed by atoms with E-state index in [1.54, 1.807) is 0 Å². The lowest BCUT2D eigenvalue weighted by molar-refractivity contribution is 0.175. The minimum atomic E-state index is -0.0874. The van der Waals surface area contributed by atoms with Crippen LogP contribution in [-0.4, -0.2) is 15.6 Å². The summed E-state index contributed by atoms with van der Waals surface area (Å²) in [6.45, 7) is 4.24. The molecule has 0 spiro atoms.